The second-order valence-electron chi connectivity index (χ2n) is 15.7. The minimum absolute atomic E-state index is 0.449. The minimum atomic E-state index is 0.449. The minimum Gasteiger partial charge on any atom is -0.367 e. The van der Waals surface area contributed by atoms with Crippen LogP contribution in [0.4, 0.5) is 0 Å². The third kappa shape index (κ3) is 7.57. The zero-order valence-corrected chi connectivity index (χ0v) is 28.2. The summed E-state index contributed by atoms with van der Waals surface area (Å²) in [4.78, 5) is 0. The van der Waals surface area contributed by atoms with Crippen LogP contribution in [-0.2, 0) is 4.74 Å². The molecule has 1 nitrogen and oxygen atoms in total. The quantitative estimate of drug-likeness (QED) is 0.308. The van der Waals surface area contributed by atoms with E-state index in [9.17, 15) is 0 Å². The predicted molar refractivity (Wildman–Crippen MR) is 180 cm³/mol. The molecule has 0 amide bonds. The van der Waals surface area contributed by atoms with Gasteiger partial charge in [-0.1, -0.05) is 116 Å². The Morgan fingerprint density at radius 2 is 1.22 bits per heavy atom. The summed E-state index contributed by atoms with van der Waals surface area (Å²) in [5, 5.41) is 1.74. The third-order valence-corrected chi connectivity index (χ3v) is 13.0. The lowest BCUT2D eigenvalue weighted by molar-refractivity contribution is 0.101. The Balaban J connectivity index is 0.000000110. The van der Waals surface area contributed by atoms with E-state index in [4.69, 9.17) is 4.74 Å². The lowest BCUT2D eigenvalue weighted by atomic mass is 9.69. The maximum atomic E-state index is 5.64. The molecule has 2 heteroatoms. The Morgan fingerprint density at radius 3 is 1.51 bits per heavy atom. The van der Waals surface area contributed by atoms with Crippen LogP contribution in [0.1, 0.15) is 87.5 Å². The monoisotopic (exact) mass is 576 g/mol. The molecule has 4 heterocycles. The van der Waals surface area contributed by atoms with Gasteiger partial charge in [-0.05, 0) is 103 Å². The highest BCUT2D eigenvalue weighted by molar-refractivity contribution is 8.01. The van der Waals surface area contributed by atoms with Crippen LogP contribution in [0.25, 0.3) is 0 Å². The molecule has 3 fully saturated rings. The predicted octanol–water partition coefficient (Wildman–Crippen LogP) is 10.6. The van der Waals surface area contributed by atoms with Crippen molar-refractivity contribution in [3.63, 3.8) is 0 Å². The van der Waals surface area contributed by atoms with Crippen molar-refractivity contribution in [1.82, 2.24) is 0 Å². The van der Waals surface area contributed by atoms with Crippen LogP contribution in [0, 0.1) is 71.0 Å². The van der Waals surface area contributed by atoms with Gasteiger partial charge in [0.05, 0.1) is 12.2 Å². The molecule has 0 spiro atoms. The highest BCUT2D eigenvalue weighted by Crippen LogP contribution is 2.48. The van der Waals surface area contributed by atoms with Crippen LogP contribution < -0.4 is 0 Å². The molecule has 0 radical (unpaired) electrons. The van der Waals surface area contributed by atoms with Crippen LogP contribution in [-0.4, -0.2) is 22.7 Å². The van der Waals surface area contributed by atoms with Gasteiger partial charge in [-0.15, -0.1) is 11.8 Å². The van der Waals surface area contributed by atoms with Crippen LogP contribution >= 0.6 is 11.8 Å². The van der Waals surface area contributed by atoms with Gasteiger partial charge in [0, 0.05) is 10.5 Å². The normalized spacial score (nSPS) is 42.8. The molecule has 8 bridgehead atoms. The van der Waals surface area contributed by atoms with Crippen molar-refractivity contribution in [3.8, 4) is 0 Å². The highest BCUT2D eigenvalue weighted by atomic mass is 32.2. The standard InChI is InChI=1S/C11H16.C10H16.C9H14O.C9H14S/c1-8(2)11-7-9-3-5-10(11)6-4-9;1-7(2)10-6-8-3-4-9(10)5-8;2*1-6(2)8-5-7-3-4-9(8)10-7/h3-6,8-11H,7H2,1-2H3;3-4,7-10H,5-6H2,1-2H3;2*3-4,6-9H,5H2,1-2H3. The number of rotatable bonds is 4. The van der Waals surface area contributed by atoms with E-state index in [1.807, 2.05) is 0 Å². The topological polar surface area (TPSA) is 9.23 Å². The lowest BCUT2D eigenvalue weighted by Gasteiger charge is -2.36. The molecule has 228 valence electrons. The first kappa shape index (κ1) is 31.4. The molecular formula is C39H60OS. The Hall–Kier alpha value is -0.990. The summed E-state index contributed by atoms with van der Waals surface area (Å²) >= 11 is 2.16. The smallest absolute Gasteiger partial charge is 0.0796 e. The third-order valence-electron chi connectivity index (χ3n) is 11.5. The number of hydrogen-bond acceptors (Lipinski definition) is 2. The summed E-state index contributed by atoms with van der Waals surface area (Å²) in [7, 11) is 0. The number of fused-ring (bicyclic) bond motifs is 7. The Morgan fingerprint density at radius 1 is 0.537 bits per heavy atom. The molecule has 9 rings (SSSR count). The highest BCUT2D eigenvalue weighted by Gasteiger charge is 2.39. The van der Waals surface area contributed by atoms with Gasteiger partial charge in [0.25, 0.3) is 0 Å². The fraction of sp³-hybridized carbons (Fsp3) is 0.744. The van der Waals surface area contributed by atoms with Crippen LogP contribution in [0.3, 0.4) is 0 Å². The number of hydrogen-bond donors (Lipinski definition) is 0. The first-order chi connectivity index (χ1) is 19.6. The Bertz CT molecular complexity index is 893. The molecule has 1 saturated carbocycles. The second-order valence-corrected chi connectivity index (χ2v) is 17.1. The Kier molecular flexibility index (Phi) is 10.5. The van der Waals surface area contributed by atoms with Crippen molar-refractivity contribution in [3.05, 3.63) is 60.8 Å². The average Bonchev–Trinajstić information content (AvgIpc) is 3.82. The molecule has 0 aromatic heterocycles. The summed E-state index contributed by atoms with van der Waals surface area (Å²) in [5.74, 6) is 10.5. The summed E-state index contributed by atoms with van der Waals surface area (Å²) < 4.78 is 5.64. The molecule has 5 aliphatic carbocycles. The van der Waals surface area contributed by atoms with E-state index in [1.165, 1.54) is 32.1 Å². The molecule has 0 aromatic rings. The molecule has 2 saturated heterocycles. The maximum Gasteiger partial charge on any atom is 0.0796 e. The molecule has 0 N–H and O–H groups in total. The molecule has 10 unspecified atom stereocenters. The summed E-state index contributed by atoms with van der Waals surface area (Å²) in [6.45, 7) is 18.7. The van der Waals surface area contributed by atoms with Crippen LogP contribution in [0.15, 0.2) is 60.8 Å². The zero-order chi connectivity index (χ0) is 29.3. The van der Waals surface area contributed by atoms with E-state index in [0.717, 1.165) is 81.5 Å². The number of ether oxygens (including phenoxy) is 1. The van der Waals surface area contributed by atoms with Gasteiger partial charge in [-0.2, -0.15) is 0 Å². The van der Waals surface area contributed by atoms with E-state index < -0.39 is 0 Å². The summed E-state index contributed by atoms with van der Waals surface area (Å²) in [5.41, 5.74) is 0. The van der Waals surface area contributed by atoms with Gasteiger partial charge in [-0.3, -0.25) is 0 Å². The van der Waals surface area contributed by atoms with Crippen LogP contribution in [0.5, 0.6) is 0 Å². The van der Waals surface area contributed by atoms with Gasteiger partial charge >= 0.3 is 0 Å². The average molecular weight is 577 g/mol. The van der Waals surface area contributed by atoms with Gasteiger partial charge in [0.1, 0.15) is 0 Å². The Labute approximate surface area is 257 Å². The lowest BCUT2D eigenvalue weighted by Crippen LogP contribution is -2.26. The second kappa shape index (κ2) is 13.8. The van der Waals surface area contributed by atoms with Crippen molar-refractivity contribution in [1.29, 1.82) is 0 Å². The molecule has 4 aliphatic heterocycles. The number of allylic oxidation sites excluding steroid dienone is 6. The van der Waals surface area contributed by atoms with Crippen molar-refractivity contribution in [2.24, 2.45) is 71.0 Å². The van der Waals surface area contributed by atoms with E-state index in [2.05, 4.69) is 128 Å². The van der Waals surface area contributed by atoms with Crippen molar-refractivity contribution in [2.75, 3.05) is 0 Å². The van der Waals surface area contributed by atoms with E-state index in [1.54, 1.807) is 0 Å². The summed E-state index contributed by atoms with van der Waals surface area (Å²) in [6.07, 6.45) is 31.5. The van der Waals surface area contributed by atoms with Gasteiger partial charge in [0.15, 0.2) is 0 Å². The molecule has 10 atom stereocenters. The van der Waals surface area contributed by atoms with E-state index in [-0.39, 0.29) is 0 Å². The van der Waals surface area contributed by atoms with Gasteiger partial charge in [-0.25, -0.2) is 0 Å². The molecular weight excluding hydrogens is 516 g/mol. The zero-order valence-electron chi connectivity index (χ0n) is 27.4. The molecule has 41 heavy (non-hydrogen) atoms. The first-order valence-electron chi connectivity index (χ1n) is 17.3. The van der Waals surface area contributed by atoms with Crippen molar-refractivity contribution in [2.45, 2.75) is 110 Å². The first-order valence-corrected chi connectivity index (χ1v) is 18.3. The van der Waals surface area contributed by atoms with Gasteiger partial charge in [0.2, 0.25) is 0 Å². The fourth-order valence-electron chi connectivity index (χ4n) is 8.81. The fourth-order valence-corrected chi connectivity index (χ4v) is 10.5. The SMILES string of the molecule is CC(C)C1CC2C=CC1C2.CC(C)C1CC2C=CC1C=C2.CC(C)C1CC2C=CC1O2.CC(C)C1CC2C=CC1S2. The van der Waals surface area contributed by atoms with E-state index >= 15 is 0 Å². The largest absolute Gasteiger partial charge is 0.367 e. The number of thioether (sulfide) groups is 1. The van der Waals surface area contributed by atoms with Crippen molar-refractivity contribution < 1.29 is 4.74 Å². The van der Waals surface area contributed by atoms with E-state index in [0.29, 0.717) is 12.2 Å². The molecule has 0 aromatic carbocycles. The molecule has 9 aliphatic rings. The van der Waals surface area contributed by atoms with Gasteiger partial charge < -0.3 is 4.74 Å². The maximum absolute atomic E-state index is 5.64. The van der Waals surface area contributed by atoms with Crippen molar-refractivity contribution >= 4 is 11.8 Å². The van der Waals surface area contributed by atoms with Crippen LogP contribution in [0.2, 0.25) is 0 Å². The summed E-state index contributed by atoms with van der Waals surface area (Å²) in [6, 6.07) is 0.